The first-order chi connectivity index (χ1) is 5.81. The summed E-state index contributed by atoms with van der Waals surface area (Å²) in [6.07, 6.45) is 3.11. The van der Waals surface area contributed by atoms with Crippen molar-refractivity contribution < 1.29 is 5.11 Å². The lowest BCUT2D eigenvalue weighted by atomic mass is 10.2. The van der Waals surface area contributed by atoms with Crippen molar-refractivity contribution in [3.8, 4) is 6.07 Å². The van der Waals surface area contributed by atoms with Crippen LogP contribution in [0.25, 0.3) is 0 Å². The van der Waals surface area contributed by atoms with Gasteiger partial charge in [-0.15, -0.1) is 0 Å². The molecule has 2 N–H and O–H groups in total. The third kappa shape index (κ3) is 7.52. The van der Waals surface area contributed by atoms with Gasteiger partial charge in [-0.1, -0.05) is 13.3 Å². The molecule has 0 aromatic rings. The second-order valence-electron chi connectivity index (χ2n) is 2.91. The van der Waals surface area contributed by atoms with Crippen LogP contribution in [0.15, 0.2) is 0 Å². The van der Waals surface area contributed by atoms with E-state index in [1.807, 2.05) is 0 Å². The van der Waals surface area contributed by atoms with E-state index in [0.717, 1.165) is 25.8 Å². The quantitative estimate of drug-likeness (QED) is 0.561. The molecule has 70 valence electrons. The molecule has 0 heterocycles. The SMILES string of the molecule is CCCC(O)CNCCCC#N. The molecular weight excluding hydrogens is 152 g/mol. The fourth-order valence-electron chi connectivity index (χ4n) is 0.996. The summed E-state index contributed by atoms with van der Waals surface area (Å²) in [6.45, 7) is 3.53. The molecule has 3 nitrogen and oxygen atoms in total. The lowest BCUT2D eigenvalue weighted by Gasteiger charge is -2.09. The summed E-state index contributed by atoms with van der Waals surface area (Å²) >= 11 is 0. The van der Waals surface area contributed by atoms with Crippen molar-refractivity contribution in [3.05, 3.63) is 0 Å². The largest absolute Gasteiger partial charge is 0.392 e. The summed E-state index contributed by atoms with van der Waals surface area (Å²) in [5.41, 5.74) is 0. The zero-order valence-corrected chi connectivity index (χ0v) is 7.71. The van der Waals surface area contributed by atoms with Crippen LogP contribution in [0.3, 0.4) is 0 Å². The Kier molecular flexibility index (Phi) is 8.09. The first kappa shape index (κ1) is 11.4. The molecule has 1 unspecified atom stereocenters. The van der Waals surface area contributed by atoms with Crippen molar-refractivity contribution >= 4 is 0 Å². The van der Waals surface area contributed by atoms with E-state index in [-0.39, 0.29) is 6.10 Å². The van der Waals surface area contributed by atoms with Crippen LogP contribution in [0.4, 0.5) is 0 Å². The fraction of sp³-hybridized carbons (Fsp3) is 0.889. The number of aliphatic hydroxyl groups excluding tert-OH is 1. The molecule has 12 heavy (non-hydrogen) atoms. The molecule has 0 aliphatic carbocycles. The van der Waals surface area contributed by atoms with Crippen molar-refractivity contribution in [2.75, 3.05) is 13.1 Å². The maximum Gasteiger partial charge on any atom is 0.0664 e. The van der Waals surface area contributed by atoms with Gasteiger partial charge in [-0.3, -0.25) is 0 Å². The Morgan fingerprint density at radius 3 is 2.92 bits per heavy atom. The Morgan fingerprint density at radius 2 is 2.33 bits per heavy atom. The van der Waals surface area contributed by atoms with Crippen LogP contribution in [0, 0.1) is 11.3 Å². The summed E-state index contributed by atoms with van der Waals surface area (Å²) in [4.78, 5) is 0. The van der Waals surface area contributed by atoms with Crippen LogP contribution in [-0.4, -0.2) is 24.3 Å². The summed E-state index contributed by atoms with van der Waals surface area (Å²) < 4.78 is 0. The third-order valence-electron chi connectivity index (χ3n) is 1.64. The van der Waals surface area contributed by atoms with Crippen molar-refractivity contribution in [2.45, 2.75) is 38.7 Å². The molecule has 0 aromatic heterocycles. The molecule has 0 aliphatic rings. The summed E-state index contributed by atoms with van der Waals surface area (Å²) in [5.74, 6) is 0. The average Bonchev–Trinajstić information content (AvgIpc) is 2.05. The Hall–Kier alpha value is -0.590. The molecule has 0 saturated heterocycles. The van der Waals surface area contributed by atoms with Crippen LogP contribution >= 0.6 is 0 Å². The highest BCUT2D eigenvalue weighted by Crippen LogP contribution is 1.93. The van der Waals surface area contributed by atoms with Crippen LogP contribution in [0.2, 0.25) is 0 Å². The Labute approximate surface area is 74.4 Å². The summed E-state index contributed by atoms with van der Waals surface area (Å²) in [6, 6.07) is 2.08. The van der Waals surface area contributed by atoms with E-state index in [2.05, 4.69) is 18.3 Å². The highest BCUT2D eigenvalue weighted by Gasteiger charge is 1.99. The molecule has 0 bridgehead atoms. The fourth-order valence-corrected chi connectivity index (χ4v) is 0.996. The Morgan fingerprint density at radius 1 is 1.58 bits per heavy atom. The first-order valence-corrected chi connectivity index (χ1v) is 4.57. The maximum atomic E-state index is 9.28. The van der Waals surface area contributed by atoms with Crippen LogP contribution in [0.5, 0.6) is 0 Å². The van der Waals surface area contributed by atoms with Crippen molar-refractivity contribution in [1.29, 1.82) is 5.26 Å². The van der Waals surface area contributed by atoms with Gasteiger partial charge >= 0.3 is 0 Å². The van der Waals surface area contributed by atoms with E-state index in [0.29, 0.717) is 13.0 Å². The molecule has 0 saturated carbocycles. The maximum absolute atomic E-state index is 9.28. The highest BCUT2D eigenvalue weighted by atomic mass is 16.3. The second kappa shape index (κ2) is 8.51. The predicted molar refractivity (Wildman–Crippen MR) is 48.6 cm³/mol. The van der Waals surface area contributed by atoms with E-state index >= 15 is 0 Å². The van der Waals surface area contributed by atoms with E-state index in [9.17, 15) is 5.11 Å². The normalized spacial score (nSPS) is 12.4. The van der Waals surface area contributed by atoms with Crippen molar-refractivity contribution in [3.63, 3.8) is 0 Å². The van der Waals surface area contributed by atoms with Gasteiger partial charge in [0, 0.05) is 13.0 Å². The summed E-state index contributed by atoms with van der Waals surface area (Å²) in [5, 5.41) is 20.6. The molecule has 0 aliphatic heterocycles. The minimum absolute atomic E-state index is 0.225. The topological polar surface area (TPSA) is 56.0 Å². The number of aliphatic hydroxyl groups is 1. The van der Waals surface area contributed by atoms with Gasteiger partial charge in [-0.25, -0.2) is 0 Å². The number of unbranched alkanes of at least 4 members (excludes halogenated alkanes) is 1. The highest BCUT2D eigenvalue weighted by molar-refractivity contribution is 4.69. The van der Waals surface area contributed by atoms with E-state index in [4.69, 9.17) is 5.26 Å². The van der Waals surface area contributed by atoms with Crippen LogP contribution in [-0.2, 0) is 0 Å². The number of nitriles is 1. The molecule has 1 atom stereocenters. The van der Waals surface area contributed by atoms with Gasteiger partial charge in [-0.2, -0.15) is 5.26 Å². The number of rotatable bonds is 7. The number of nitrogens with one attached hydrogen (secondary N) is 1. The monoisotopic (exact) mass is 170 g/mol. The van der Waals surface area contributed by atoms with Crippen molar-refractivity contribution in [1.82, 2.24) is 5.32 Å². The number of nitrogens with zero attached hydrogens (tertiary/aromatic N) is 1. The van der Waals surface area contributed by atoms with Gasteiger partial charge < -0.3 is 10.4 Å². The molecule has 0 amide bonds. The number of hydrogen-bond acceptors (Lipinski definition) is 3. The van der Waals surface area contributed by atoms with Gasteiger partial charge in [0.1, 0.15) is 0 Å². The van der Waals surface area contributed by atoms with Crippen molar-refractivity contribution in [2.24, 2.45) is 0 Å². The standard InChI is InChI=1S/C9H18N2O/c1-2-5-9(12)8-11-7-4-3-6-10/h9,11-12H,2-5,7-8H2,1H3. The first-order valence-electron chi connectivity index (χ1n) is 4.57. The smallest absolute Gasteiger partial charge is 0.0664 e. The van der Waals surface area contributed by atoms with E-state index in [1.165, 1.54) is 0 Å². The lowest BCUT2D eigenvalue weighted by Crippen LogP contribution is -2.27. The zero-order valence-electron chi connectivity index (χ0n) is 7.71. The van der Waals surface area contributed by atoms with Gasteiger partial charge in [0.05, 0.1) is 12.2 Å². The van der Waals surface area contributed by atoms with Gasteiger partial charge in [0.15, 0.2) is 0 Å². The van der Waals surface area contributed by atoms with Crippen LogP contribution < -0.4 is 5.32 Å². The molecule has 0 spiro atoms. The van der Waals surface area contributed by atoms with E-state index < -0.39 is 0 Å². The minimum atomic E-state index is -0.225. The molecule has 3 heteroatoms. The predicted octanol–water partition coefficient (Wildman–Crippen LogP) is 1.04. The second-order valence-corrected chi connectivity index (χ2v) is 2.91. The molecular formula is C9H18N2O. The Balaban J connectivity index is 3.04. The zero-order chi connectivity index (χ0) is 9.23. The summed E-state index contributed by atoms with van der Waals surface area (Å²) in [7, 11) is 0. The molecule has 0 fully saturated rings. The Bertz CT molecular complexity index is 131. The van der Waals surface area contributed by atoms with Gasteiger partial charge in [0.25, 0.3) is 0 Å². The minimum Gasteiger partial charge on any atom is -0.392 e. The van der Waals surface area contributed by atoms with E-state index in [1.54, 1.807) is 0 Å². The van der Waals surface area contributed by atoms with Gasteiger partial charge in [0.2, 0.25) is 0 Å². The van der Waals surface area contributed by atoms with Crippen LogP contribution in [0.1, 0.15) is 32.6 Å². The molecule has 0 radical (unpaired) electrons. The van der Waals surface area contributed by atoms with Gasteiger partial charge in [-0.05, 0) is 19.4 Å². The lowest BCUT2D eigenvalue weighted by molar-refractivity contribution is 0.161. The number of hydrogen-bond donors (Lipinski definition) is 2. The molecule has 0 rings (SSSR count). The third-order valence-corrected chi connectivity index (χ3v) is 1.64. The molecule has 0 aromatic carbocycles. The average molecular weight is 170 g/mol.